The van der Waals surface area contributed by atoms with Crippen LogP contribution in [0.2, 0.25) is 0 Å². The van der Waals surface area contributed by atoms with Crippen LogP contribution in [0.15, 0.2) is 40.9 Å². The fourth-order valence-electron chi connectivity index (χ4n) is 2.97. The molecule has 0 fully saturated rings. The quantitative estimate of drug-likeness (QED) is 0.641. The summed E-state index contributed by atoms with van der Waals surface area (Å²) in [7, 11) is 0. The molecule has 2 aromatic rings. The molecule has 1 unspecified atom stereocenters. The topological polar surface area (TPSA) is 68.9 Å². The van der Waals surface area contributed by atoms with Gasteiger partial charge in [-0.2, -0.15) is 10.4 Å². The molecular formula is C17H11F4N5. The van der Waals surface area contributed by atoms with Gasteiger partial charge in [-0.1, -0.05) is 6.07 Å². The van der Waals surface area contributed by atoms with Gasteiger partial charge < -0.3 is 5.32 Å². The number of rotatable bonds is 3. The van der Waals surface area contributed by atoms with Crippen molar-refractivity contribution >= 4 is 10.9 Å². The highest BCUT2D eigenvalue weighted by molar-refractivity contribution is 5.82. The Bertz CT molecular complexity index is 978. The van der Waals surface area contributed by atoms with Crippen LogP contribution >= 0.6 is 0 Å². The van der Waals surface area contributed by atoms with Gasteiger partial charge in [-0.25, -0.2) is 22.4 Å². The zero-order valence-electron chi connectivity index (χ0n) is 13.3. The van der Waals surface area contributed by atoms with Gasteiger partial charge >= 0.3 is 0 Å². The molecule has 3 rings (SSSR count). The molecule has 0 spiro atoms. The van der Waals surface area contributed by atoms with E-state index in [9.17, 15) is 22.8 Å². The summed E-state index contributed by atoms with van der Waals surface area (Å²) in [4.78, 5) is 3.12. The Labute approximate surface area is 145 Å². The number of allylic oxidation sites excluding steroid dienone is 3. The molecule has 0 saturated carbocycles. The van der Waals surface area contributed by atoms with E-state index in [1.54, 1.807) is 25.1 Å². The van der Waals surface area contributed by atoms with Gasteiger partial charge in [0.25, 0.3) is 12.9 Å². The molecule has 132 valence electrons. The maximum Gasteiger partial charge on any atom is 0.279 e. The first-order chi connectivity index (χ1) is 12.4. The van der Waals surface area contributed by atoms with Gasteiger partial charge in [0, 0.05) is 11.1 Å². The van der Waals surface area contributed by atoms with Gasteiger partial charge in [-0.3, -0.25) is 5.10 Å². The minimum atomic E-state index is -3.16. The first-order valence-electron chi connectivity index (χ1n) is 7.42. The van der Waals surface area contributed by atoms with Gasteiger partial charge in [0.15, 0.2) is 0 Å². The number of alkyl halides is 4. The minimum absolute atomic E-state index is 0.294. The monoisotopic (exact) mass is 361 g/mol. The Morgan fingerprint density at radius 3 is 2.50 bits per heavy atom. The molecule has 1 aromatic heterocycles. The number of aromatic amines is 1. The van der Waals surface area contributed by atoms with E-state index in [1.165, 1.54) is 6.07 Å². The molecule has 0 aliphatic carbocycles. The van der Waals surface area contributed by atoms with E-state index in [0.29, 0.717) is 22.2 Å². The Morgan fingerprint density at radius 1 is 1.23 bits per heavy atom. The lowest BCUT2D eigenvalue weighted by atomic mass is 9.84. The van der Waals surface area contributed by atoms with Crippen LogP contribution in [0.25, 0.3) is 15.7 Å². The second kappa shape index (κ2) is 6.52. The van der Waals surface area contributed by atoms with E-state index < -0.39 is 41.4 Å². The molecule has 2 N–H and O–H groups in total. The standard InChI is InChI=1S/C17H11F4N5/c1-7-9-5-8(3-4-11(9)26-25-7)12-10(6-22)13(16(18)19)24-15(17(20)21)14(12)23-2/h3-5,12,16-17,24H,1H3,(H,25,26). The van der Waals surface area contributed by atoms with Crippen molar-refractivity contribution in [3.63, 3.8) is 0 Å². The highest BCUT2D eigenvalue weighted by Gasteiger charge is 2.38. The van der Waals surface area contributed by atoms with Crippen LogP contribution in [0.5, 0.6) is 0 Å². The smallest absolute Gasteiger partial charge is 0.279 e. The predicted molar refractivity (Wildman–Crippen MR) is 85.0 cm³/mol. The van der Waals surface area contributed by atoms with Gasteiger partial charge in [-0.15, -0.1) is 0 Å². The van der Waals surface area contributed by atoms with Crippen LogP contribution in [0, 0.1) is 24.8 Å². The van der Waals surface area contributed by atoms with Crippen molar-refractivity contribution in [1.82, 2.24) is 15.5 Å². The second-order valence-electron chi connectivity index (χ2n) is 5.63. The molecule has 1 aromatic carbocycles. The Morgan fingerprint density at radius 2 is 1.92 bits per heavy atom. The molecule has 0 radical (unpaired) electrons. The largest absolute Gasteiger partial charge is 0.362 e. The summed E-state index contributed by atoms with van der Waals surface area (Å²) in [6.45, 7) is 9.01. The number of hydrogen-bond acceptors (Lipinski definition) is 3. The number of benzene rings is 1. The third kappa shape index (κ3) is 2.68. The molecule has 5 nitrogen and oxygen atoms in total. The van der Waals surface area contributed by atoms with Crippen LogP contribution < -0.4 is 5.32 Å². The summed E-state index contributed by atoms with van der Waals surface area (Å²) in [6, 6.07) is 6.30. The highest BCUT2D eigenvalue weighted by Crippen LogP contribution is 2.41. The van der Waals surface area contributed by atoms with E-state index in [1.807, 2.05) is 5.32 Å². The molecular weight excluding hydrogens is 350 g/mol. The molecule has 0 saturated heterocycles. The van der Waals surface area contributed by atoms with Crippen LogP contribution in [-0.2, 0) is 0 Å². The number of hydrogen-bond donors (Lipinski definition) is 2. The fourth-order valence-corrected chi connectivity index (χ4v) is 2.97. The lowest BCUT2D eigenvalue weighted by molar-refractivity contribution is 0.159. The number of nitrogens with one attached hydrogen (secondary N) is 2. The first-order valence-corrected chi connectivity index (χ1v) is 7.42. The van der Waals surface area contributed by atoms with E-state index in [2.05, 4.69) is 15.0 Å². The number of H-pyrrole nitrogens is 1. The summed E-state index contributed by atoms with van der Waals surface area (Å²) in [5.41, 5.74) is -1.14. The summed E-state index contributed by atoms with van der Waals surface area (Å²) in [6.07, 6.45) is -6.32. The Hall–Kier alpha value is -3.33. The van der Waals surface area contributed by atoms with Crippen LogP contribution in [0.4, 0.5) is 17.6 Å². The van der Waals surface area contributed by atoms with E-state index in [4.69, 9.17) is 6.57 Å². The normalized spacial score (nSPS) is 17.7. The molecule has 1 aliphatic heterocycles. The number of nitriles is 1. The third-order valence-corrected chi connectivity index (χ3v) is 4.18. The van der Waals surface area contributed by atoms with Crippen LogP contribution in [0.1, 0.15) is 17.2 Å². The molecule has 9 heteroatoms. The van der Waals surface area contributed by atoms with E-state index >= 15 is 0 Å². The second-order valence-corrected chi connectivity index (χ2v) is 5.63. The SMILES string of the molecule is [C-]#[N+]C1=C(C(F)F)NC(C(F)F)=C(C#N)C1c1ccc2n[nH]c(C)c2c1. The Balaban J connectivity index is 2.29. The molecule has 0 bridgehead atoms. The summed E-state index contributed by atoms with van der Waals surface area (Å²) in [5, 5.41) is 18.8. The van der Waals surface area contributed by atoms with Crippen molar-refractivity contribution in [2.24, 2.45) is 0 Å². The lowest BCUT2D eigenvalue weighted by Crippen LogP contribution is -2.32. The Kier molecular flexibility index (Phi) is 4.39. The maximum atomic E-state index is 13.4. The number of dihydropyridines is 1. The van der Waals surface area contributed by atoms with Gasteiger partial charge in [-0.05, 0) is 24.6 Å². The van der Waals surface area contributed by atoms with Crippen molar-refractivity contribution < 1.29 is 17.6 Å². The average molecular weight is 361 g/mol. The maximum absolute atomic E-state index is 13.4. The van der Waals surface area contributed by atoms with Crippen LogP contribution in [0.3, 0.4) is 0 Å². The molecule has 2 heterocycles. The zero-order chi connectivity index (χ0) is 19.0. The third-order valence-electron chi connectivity index (χ3n) is 4.18. The van der Waals surface area contributed by atoms with Gasteiger partial charge in [0.05, 0.1) is 41.0 Å². The molecule has 0 amide bonds. The highest BCUT2D eigenvalue weighted by atomic mass is 19.3. The lowest BCUT2D eigenvalue weighted by Gasteiger charge is -2.28. The van der Waals surface area contributed by atoms with Crippen molar-refractivity contribution in [2.45, 2.75) is 25.7 Å². The minimum Gasteiger partial charge on any atom is -0.362 e. The van der Waals surface area contributed by atoms with Crippen molar-refractivity contribution in [3.05, 3.63) is 63.5 Å². The number of aryl methyl sites for hydroxylation is 1. The zero-order valence-corrected chi connectivity index (χ0v) is 13.3. The number of aromatic nitrogens is 2. The fraction of sp³-hybridized carbons (Fsp3) is 0.235. The number of halogens is 4. The summed E-state index contributed by atoms with van der Waals surface area (Å²) < 4.78 is 53.4. The first kappa shape index (κ1) is 17.5. The average Bonchev–Trinajstić information content (AvgIpc) is 2.99. The number of nitrogens with zero attached hydrogens (tertiary/aromatic N) is 3. The van der Waals surface area contributed by atoms with Crippen molar-refractivity contribution in [3.8, 4) is 6.07 Å². The molecule has 1 aliphatic rings. The van der Waals surface area contributed by atoms with Crippen molar-refractivity contribution in [2.75, 3.05) is 0 Å². The van der Waals surface area contributed by atoms with E-state index in [-0.39, 0.29) is 0 Å². The molecule has 26 heavy (non-hydrogen) atoms. The van der Waals surface area contributed by atoms with E-state index in [0.717, 1.165) is 0 Å². The summed E-state index contributed by atoms with van der Waals surface area (Å²) >= 11 is 0. The number of fused-ring (bicyclic) bond motifs is 1. The van der Waals surface area contributed by atoms with Gasteiger partial charge in [0.2, 0.25) is 5.70 Å². The van der Waals surface area contributed by atoms with Crippen LogP contribution in [-0.4, -0.2) is 23.0 Å². The summed E-state index contributed by atoms with van der Waals surface area (Å²) in [5.74, 6) is -1.30. The van der Waals surface area contributed by atoms with Gasteiger partial charge in [0.1, 0.15) is 0 Å². The molecule has 1 atom stereocenters. The predicted octanol–water partition coefficient (Wildman–Crippen LogP) is 4.00. The van der Waals surface area contributed by atoms with Crippen molar-refractivity contribution in [1.29, 1.82) is 5.26 Å².